The van der Waals surface area contributed by atoms with Gasteiger partial charge in [-0.2, -0.15) is 0 Å². The standard InChI is InChI=1S/C27H19ClN2OS/c28-22-14-10-19(11-15-22)18-30(27(31)21-6-2-1-3-7-21)23-16-12-20(13-17-23)26-29-24-8-4-5-9-25(24)32-26/h1-17H,18H2. The maximum absolute atomic E-state index is 13.4. The number of fused-ring (bicyclic) bond motifs is 1. The summed E-state index contributed by atoms with van der Waals surface area (Å²) >= 11 is 7.71. The van der Waals surface area contributed by atoms with E-state index >= 15 is 0 Å². The fourth-order valence-electron chi connectivity index (χ4n) is 3.57. The Labute approximate surface area is 195 Å². The molecule has 0 aliphatic heterocycles. The van der Waals surface area contributed by atoms with E-state index in [1.54, 1.807) is 16.2 Å². The van der Waals surface area contributed by atoms with E-state index in [2.05, 4.69) is 6.07 Å². The Bertz CT molecular complexity index is 1330. The zero-order valence-electron chi connectivity index (χ0n) is 17.1. The number of hydrogen-bond acceptors (Lipinski definition) is 3. The van der Waals surface area contributed by atoms with Crippen LogP contribution < -0.4 is 4.90 Å². The van der Waals surface area contributed by atoms with Gasteiger partial charge in [0.1, 0.15) is 5.01 Å². The van der Waals surface area contributed by atoms with Gasteiger partial charge in [0.05, 0.1) is 16.8 Å². The number of aromatic nitrogens is 1. The van der Waals surface area contributed by atoms with Crippen LogP contribution in [0.15, 0.2) is 103 Å². The Morgan fingerprint density at radius 3 is 2.22 bits per heavy atom. The van der Waals surface area contributed by atoms with Gasteiger partial charge < -0.3 is 4.90 Å². The molecular formula is C27H19ClN2OS. The van der Waals surface area contributed by atoms with Gasteiger partial charge in [0.15, 0.2) is 0 Å². The first-order valence-corrected chi connectivity index (χ1v) is 11.4. The van der Waals surface area contributed by atoms with Crippen LogP contribution in [0.4, 0.5) is 5.69 Å². The lowest BCUT2D eigenvalue weighted by atomic mass is 10.1. The molecule has 5 aromatic rings. The number of nitrogens with zero attached hydrogens (tertiary/aromatic N) is 2. The van der Waals surface area contributed by atoms with E-state index in [-0.39, 0.29) is 5.91 Å². The molecule has 3 nitrogen and oxygen atoms in total. The highest BCUT2D eigenvalue weighted by molar-refractivity contribution is 7.21. The van der Waals surface area contributed by atoms with Crippen molar-refractivity contribution in [1.29, 1.82) is 0 Å². The Kier molecular flexibility index (Phi) is 5.71. The predicted octanol–water partition coefficient (Wildman–Crippen LogP) is 7.46. The Hall–Kier alpha value is -3.47. The molecule has 1 heterocycles. The quantitative estimate of drug-likeness (QED) is 0.276. The molecule has 156 valence electrons. The maximum atomic E-state index is 13.4. The van der Waals surface area contributed by atoms with E-state index < -0.39 is 0 Å². The molecule has 0 saturated heterocycles. The summed E-state index contributed by atoms with van der Waals surface area (Å²) in [5.41, 5.74) is 4.53. The molecule has 5 rings (SSSR count). The third-order valence-electron chi connectivity index (χ3n) is 5.24. The van der Waals surface area contributed by atoms with Gasteiger partial charge in [-0.25, -0.2) is 4.98 Å². The molecule has 0 bridgehead atoms. The molecule has 0 spiro atoms. The first-order chi connectivity index (χ1) is 15.7. The van der Waals surface area contributed by atoms with Crippen molar-refractivity contribution in [2.75, 3.05) is 4.90 Å². The highest BCUT2D eigenvalue weighted by atomic mass is 35.5. The Morgan fingerprint density at radius 2 is 1.50 bits per heavy atom. The molecule has 1 amide bonds. The van der Waals surface area contributed by atoms with Crippen molar-refractivity contribution in [2.24, 2.45) is 0 Å². The second-order valence-electron chi connectivity index (χ2n) is 7.42. The number of carbonyl (C=O) groups excluding carboxylic acids is 1. The maximum Gasteiger partial charge on any atom is 0.258 e. The molecule has 0 radical (unpaired) electrons. The van der Waals surface area contributed by atoms with Crippen molar-refractivity contribution in [2.45, 2.75) is 6.54 Å². The summed E-state index contributed by atoms with van der Waals surface area (Å²) in [7, 11) is 0. The third-order valence-corrected chi connectivity index (χ3v) is 6.58. The number of hydrogen-bond donors (Lipinski definition) is 0. The number of thiazole rings is 1. The lowest BCUT2D eigenvalue weighted by Crippen LogP contribution is -2.30. The number of para-hydroxylation sites is 1. The van der Waals surface area contributed by atoms with Gasteiger partial charge in [-0.05, 0) is 66.2 Å². The first-order valence-electron chi connectivity index (χ1n) is 10.2. The number of amides is 1. The topological polar surface area (TPSA) is 33.2 Å². The molecule has 0 aliphatic rings. The molecule has 4 aromatic carbocycles. The SMILES string of the molecule is O=C(c1ccccc1)N(Cc1ccc(Cl)cc1)c1ccc(-c2nc3ccccc3s2)cc1. The fourth-order valence-corrected chi connectivity index (χ4v) is 4.67. The summed E-state index contributed by atoms with van der Waals surface area (Å²) in [5.74, 6) is -0.0479. The second kappa shape index (κ2) is 8.95. The van der Waals surface area contributed by atoms with Crippen molar-refractivity contribution in [3.05, 3.63) is 119 Å². The van der Waals surface area contributed by atoms with Crippen molar-refractivity contribution in [3.63, 3.8) is 0 Å². The minimum atomic E-state index is -0.0479. The predicted molar refractivity (Wildman–Crippen MR) is 133 cm³/mol. The number of halogens is 1. The normalized spacial score (nSPS) is 10.9. The molecular weight excluding hydrogens is 436 g/mol. The van der Waals surface area contributed by atoms with Crippen LogP contribution in [0.1, 0.15) is 15.9 Å². The van der Waals surface area contributed by atoms with Crippen LogP contribution in [0.2, 0.25) is 5.02 Å². The van der Waals surface area contributed by atoms with E-state index in [4.69, 9.17) is 16.6 Å². The van der Waals surface area contributed by atoms with Crippen molar-refractivity contribution in [1.82, 2.24) is 4.98 Å². The minimum absolute atomic E-state index is 0.0479. The highest BCUT2D eigenvalue weighted by Gasteiger charge is 2.18. The first kappa shape index (κ1) is 20.4. The summed E-state index contributed by atoms with van der Waals surface area (Å²) in [6, 6.07) is 33.1. The van der Waals surface area contributed by atoms with E-state index in [9.17, 15) is 4.79 Å². The molecule has 32 heavy (non-hydrogen) atoms. The van der Waals surface area contributed by atoms with Gasteiger partial charge in [0, 0.05) is 21.8 Å². The van der Waals surface area contributed by atoms with Crippen LogP contribution in [-0.4, -0.2) is 10.9 Å². The van der Waals surface area contributed by atoms with E-state index in [1.807, 2.05) is 97.1 Å². The lowest BCUT2D eigenvalue weighted by molar-refractivity contribution is 0.0985. The van der Waals surface area contributed by atoms with Gasteiger partial charge in [-0.3, -0.25) is 4.79 Å². The summed E-state index contributed by atoms with van der Waals surface area (Å²) in [6.07, 6.45) is 0. The zero-order chi connectivity index (χ0) is 21.9. The molecule has 0 fully saturated rings. The number of rotatable bonds is 5. The molecule has 0 N–H and O–H groups in total. The zero-order valence-corrected chi connectivity index (χ0v) is 18.7. The third kappa shape index (κ3) is 4.28. The number of benzene rings is 4. The average molecular weight is 455 g/mol. The molecule has 0 atom stereocenters. The van der Waals surface area contributed by atoms with Crippen LogP contribution in [0.25, 0.3) is 20.8 Å². The molecule has 0 aliphatic carbocycles. The van der Waals surface area contributed by atoms with E-state index in [0.29, 0.717) is 17.1 Å². The van der Waals surface area contributed by atoms with Gasteiger partial charge >= 0.3 is 0 Å². The summed E-state index contributed by atoms with van der Waals surface area (Å²) in [5, 5.41) is 1.64. The molecule has 0 saturated carbocycles. The lowest BCUT2D eigenvalue weighted by Gasteiger charge is -2.23. The fraction of sp³-hybridized carbons (Fsp3) is 0.0370. The summed E-state index contributed by atoms with van der Waals surface area (Å²) in [6.45, 7) is 0.450. The monoisotopic (exact) mass is 454 g/mol. The highest BCUT2D eigenvalue weighted by Crippen LogP contribution is 2.31. The molecule has 5 heteroatoms. The summed E-state index contributed by atoms with van der Waals surface area (Å²) in [4.78, 5) is 19.9. The molecule has 0 unspecified atom stereocenters. The average Bonchev–Trinajstić information content (AvgIpc) is 3.28. The van der Waals surface area contributed by atoms with Crippen LogP contribution in [0.5, 0.6) is 0 Å². The van der Waals surface area contributed by atoms with Gasteiger partial charge in [-0.15, -0.1) is 11.3 Å². The van der Waals surface area contributed by atoms with Crippen molar-refractivity contribution >= 4 is 44.7 Å². The van der Waals surface area contributed by atoms with Crippen LogP contribution in [0, 0.1) is 0 Å². The van der Waals surface area contributed by atoms with Gasteiger partial charge in [-0.1, -0.05) is 54.1 Å². The van der Waals surface area contributed by atoms with E-state index in [0.717, 1.165) is 32.0 Å². The number of anilines is 1. The Morgan fingerprint density at radius 1 is 0.812 bits per heavy atom. The van der Waals surface area contributed by atoms with Crippen molar-refractivity contribution < 1.29 is 4.79 Å². The largest absolute Gasteiger partial charge is 0.304 e. The van der Waals surface area contributed by atoms with Gasteiger partial charge in [0.2, 0.25) is 0 Å². The van der Waals surface area contributed by atoms with Crippen LogP contribution in [-0.2, 0) is 6.54 Å². The second-order valence-corrected chi connectivity index (χ2v) is 8.88. The van der Waals surface area contributed by atoms with E-state index in [1.165, 1.54) is 0 Å². The number of carbonyl (C=O) groups is 1. The van der Waals surface area contributed by atoms with Crippen LogP contribution >= 0.6 is 22.9 Å². The van der Waals surface area contributed by atoms with Crippen molar-refractivity contribution in [3.8, 4) is 10.6 Å². The minimum Gasteiger partial charge on any atom is -0.304 e. The van der Waals surface area contributed by atoms with Crippen LogP contribution in [0.3, 0.4) is 0 Å². The van der Waals surface area contributed by atoms with Gasteiger partial charge in [0.25, 0.3) is 5.91 Å². The molecule has 1 aromatic heterocycles. The summed E-state index contributed by atoms with van der Waals surface area (Å²) < 4.78 is 1.16. The smallest absolute Gasteiger partial charge is 0.258 e. The Balaban J connectivity index is 1.48.